The summed E-state index contributed by atoms with van der Waals surface area (Å²) in [4.78, 5) is 0. The molecular weight excluding hydrogens is 431 g/mol. The van der Waals surface area contributed by atoms with Crippen LogP contribution in [0, 0.1) is 0 Å². The summed E-state index contributed by atoms with van der Waals surface area (Å²) in [6.45, 7) is 0.668. The van der Waals surface area contributed by atoms with Gasteiger partial charge in [0.2, 0.25) is 0 Å². The largest absolute Gasteiger partial charge is 0.475 e. The summed E-state index contributed by atoms with van der Waals surface area (Å²) in [6, 6.07) is 28.2. The zero-order chi connectivity index (χ0) is 22.8. The van der Waals surface area contributed by atoms with Crippen LogP contribution in [0.4, 0.5) is 0 Å². The second-order valence-corrected chi connectivity index (χ2v) is 10.3. The maximum absolute atomic E-state index is 13.3. The third-order valence-corrected chi connectivity index (χ3v) is 7.49. The first-order valence-corrected chi connectivity index (χ1v) is 13.4. The Labute approximate surface area is 197 Å². The first kappa shape index (κ1) is 23.9. The van der Waals surface area contributed by atoms with E-state index in [1.54, 1.807) is 0 Å². The minimum Gasteiger partial charge on any atom is -0.287 e. The smallest absolute Gasteiger partial charge is 0.287 e. The minimum absolute atomic E-state index is 0.177. The van der Waals surface area contributed by atoms with Crippen molar-refractivity contribution in [2.45, 2.75) is 57.7 Å². The highest BCUT2D eigenvalue weighted by atomic mass is 31.2. The van der Waals surface area contributed by atoms with Crippen LogP contribution in [0.2, 0.25) is 0 Å². The number of rotatable bonds is 12. The molecule has 0 saturated heterocycles. The van der Waals surface area contributed by atoms with Gasteiger partial charge in [0, 0.05) is 0 Å². The van der Waals surface area contributed by atoms with Gasteiger partial charge in [-0.05, 0) is 53.9 Å². The first-order chi connectivity index (χ1) is 16.2. The van der Waals surface area contributed by atoms with E-state index in [-0.39, 0.29) is 13.2 Å². The molecule has 0 heterocycles. The van der Waals surface area contributed by atoms with Crippen molar-refractivity contribution >= 4 is 7.82 Å². The van der Waals surface area contributed by atoms with Crippen LogP contribution < -0.4 is 0 Å². The normalized spacial score (nSPS) is 14.5. The molecule has 5 heteroatoms. The lowest BCUT2D eigenvalue weighted by Gasteiger charge is -2.18. The fourth-order valence-corrected chi connectivity index (χ4v) is 5.47. The molecule has 1 aliphatic carbocycles. The topological polar surface area (TPSA) is 44.8 Å². The molecule has 33 heavy (non-hydrogen) atoms. The molecule has 1 saturated carbocycles. The van der Waals surface area contributed by atoms with E-state index in [9.17, 15) is 4.57 Å². The number of phosphoric acid groups is 1. The highest BCUT2D eigenvalue weighted by molar-refractivity contribution is 7.48. The molecule has 1 aliphatic rings. The van der Waals surface area contributed by atoms with Crippen LogP contribution in [0.1, 0.15) is 60.3 Å². The Balaban J connectivity index is 1.31. The van der Waals surface area contributed by atoms with E-state index >= 15 is 0 Å². The third-order valence-electron chi connectivity index (χ3n) is 6.10. The van der Waals surface area contributed by atoms with Crippen LogP contribution in [0.25, 0.3) is 0 Å². The van der Waals surface area contributed by atoms with Gasteiger partial charge in [-0.1, -0.05) is 97.8 Å². The van der Waals surface area contributed by atoms with Crippen LogP contribution in [0.5, 0.6) is 0 Å². The SMILES string of the molecule is O=P(OCCCc1cccc(C2CCCC2)c1)(OCc1ccccc1)OCc1ccccc1. The molecule has 0 amide bonds. The number of aryl methyl sites for hydroxylation is 1. The second kappa shape index (κ2) is 12.3. The van der Waals surface area contributed by atoms with Crippen molar-refractivity contribution in [1.82, 2.24) is 0 Å². The molecule has 3 aromatic carbocycles. The Morgan fingerprint density at radius 3 is 1.88 bits per heavy atom. The molecule has 0 aliphatic heterocycles. The fraction of sp³-hybridized carbons (Fsp3) is 0.357. The lowest BCUT2D eigenvalue weighted by atomic mass is 9.95. The van der Waals surface area contributed by atoms with E-state index in [1.165, 1.54) is 36.8 Å². The third kappa shape index (κ3) is 7.65. The van der Waals surface area contributed by atoms with E-state index in [0.29, 0.717) is 12.5 Å². The van der Waals surface area contributed by atoms with Gasteiger partial charge in [0.25, 0.3) is 0 Å². The summed E-state index contributed by atoms with van der Waals surface area (Å²) in [7, 11) is -3.70. The van der Waals surface area contributed by atoms with Crippen molar-refractivity contribution < 1.29 is 18.1 Å². The molecule has 1 fully saturated rings. The number of benzene rings is 3. The van der Waals surface area contributed by atoms with Crippen molar-refractivity contribution in [1.29, 1.82) is 0 Å². The Morgan fingerprint density at radius 1 is 0.697 bits per heavy atom. The van der Waals surface area contributed by atoms with Gasteiger partial charge in [-0.15, -0.1) is 0 Å². The molecule has 0 bridgehead atoms. The summed E-state index contributed by atoms with van der Waals surface area (Å²) in [5, 5.41) is 0. The Bertz CT molecular complexity index is 969. The van der Waals surface area contributed by atoms with Crippen LogP contribution in [-0.2, 0) is 37.8 Å². The minimum atomic E-state index is -3.70. The quantitative estimate of drug-likeness (QED) is 0.202. The van der Waals surface area contributed by atoms with Crippen molar-refractivity contribution in [3.8, 4) is 0 Å². The van der Waals surface area contributed by atoms with Gasteiger partial charge < -0.3 is 0 Å². The van der Waals surface area contributed by atoms with Crippen molar-refractivity contribution in [3.05, 3.63) is 107 Å². The molecule has 4 rings (SSSR count). The monoisotopic (exact) mass is 464 g/mol. The molecule has 0 spiro atoms. The summed E-state index contributed by atoms with van der Waals surface area (Å²) >= 11 is 0. The van der Waals surface area contributed by atoms with Crippen LogP contribution in [0.15, 0.2) is 84.9 Å². The predicted octanol–water partition coefficient (Wildman–Crippen LogP) is 7.84. The molecule has 4 nitrogen and oxygen atoms in total. The lowest BCUT2D eigenvalue weighted by Crippen LogP contribution is -2.03. The standard InChI is InChI=1S/C28H33O4P/c29-33(31-22-25-11-3-1-4-12-25,32-23-26-13-5-2-6-14-26)30-20-10-16-24-15-9-19-28(21-24)27-17-7-8-18-27/h1-6,9,11-15,19,21,27H,7-8,10,16-18,20,22-23H2. The van der Waals surface area contributed by atoms with E-state index in [0.717, 1.165) is 24.0 Å². The zero-order valence-electron chi connectivity index (χ0n) is 19.1. The Kier molecular flexibility index (Phi) is 8.91. The summed E-state index contributed by atoms with van der Waals surface area (Å²) in [5.74, 6) is 0.708. The average molecular weight is 465 g/mol. The second-order valence-electron chi connectivity index (χ2n) is 8.63. The maximum atomic E-state index is 13.3. The summed E-state index contributed by atoms with van der Waals surface area (Å²) in [5.41, 5.74) is 4.60. The van der Waals surface area contributed by atoms with Gasteiger partial charge in [0.1, 0.15) is 0 Å². The maximum Gasteiger partial charge on any atom is 0.475 e. The first-order valence-electron chi connectivity index (χ1n) is 11.9. The van der Waals surface area contributed by atoms with E-state index in [1.807, 2.05) is 60.7 Å². The van der Waals surface area contributed by atoms with Gasteiger partial charge in [-0.25, -0.2) is 4.57 Å². The van der Waals surface area contributed by atoms with Crippen molar-refractivity contribution in [2.75, 3.05) is 6.61 Å². The van der Waals surface area contributed by atoms with Crippen LogP contribution >= 0.6 is 7.82 Å². The van der Waals surface area contributed by atoms with Gasteiger partial charge in [0.15, 0.2) is 0 Å². The van der Waals surface area contributed by atoms with Crippen molar-refractivity contribution in [3.63, 3.8) is 0 Å². The molecular formula is C28H33O4P. The van der Waals surface area contributed by atoms with Gasteiger partial charge >= 0.3 is 7.82 Å². The summed E-state index contributed by atoms with van der Waals surface area (Å²) in [6.07, 6.45) is 6.90. The number of hydrogen-bond acceptors (Lipinski definition) is 4. The van der Waals surface area contributed by atoms with Gasteiger partial charge in [0.05, 0.1) is 19.8 Å². The van der Waals surface area contributed by atoms with Gasteiger partial charge in [-0.3, -0.25) is 13.6 Å². The highest BCUT2D eigenvalue weighted by Gasteiger charge is 2.27. The Hall–Kier alpha value is -2.23. The molecule has 0 radical (unpaired) electrons. The van der Waals surface area contributed by atoms with E-state index in [2.05, 4.69) is 24.3 Å². The van der Waals surface area contributed by atoms with Gasteiger partial charge in [-0.2, -0.15) is 0 Å². The molecule has 0 unspecified atom stereocenters. The predicted molar refractivity (Wildman–Crippen MR) is 132 cm³/mol. The molecule has 0 atom stereocenters. The number of hydrogen-bond donors (Lipinski definition) is 0. The van der Waals surface area contributed by atoms with E-state index < -0.39 is 7.82 Å². The fourth-order valence-electron chi connectivity index (χ4n) is 4.28. The van der Waals surface area contributed by atoms with Crippen molar-refractivity contribution in [2.24, 2.45) is 0 Å². The average Bonchev–Trinajstić information content (AvgIpc) is 3.41. The molecule has 0 N–H and O–H groups in total. The van der Waals surface area contributed by atoms with Crippen LogP contribution in [0.3, 0.4) is 0 Å². The molecule has 174 valence electrons. The molecule has 0 aromatic heterocycles. The zero-order valence-corrected chi connectivity index (χ0v) is 20.0. The Morgan fingerprint density at radius 2 is 1.27 bits per heavy atom. The summed E-state index contributed by atoms with van der Waals surface area (Å²) < 4.78 is 30.4. The van der Waals surface area contributed by atoms with E-state index in [4.69, 9.17) is 13.6 Å². The molecule has 3 aromatic rings. The lowest BCUT2D eigenvalue weighted by molar-refractivity contribution is 0.102. The number of phosphoric ester groups is 1. The highest BCUT2D eigenvalue weighted by Crippen LogP contribution is 2.51. The van der Waals surface area contributed by atoms with Crippen LogP contribution in [-0.4, -0.2) is 6.61 Å².